The van der Waals surface area contributed by atoms with E-state index in [1.165, 1.54) is 12.3 Å². The Kier molecular flexibility index (Phi) is 3.17. The van der Waals surface area contributed by atoms with Crippen LogP contribution in [0.5, 0.6) is 0 Å². The molecule has 0 aliphatic rings. The van der Waals surface area contributed by atoms with Crippen LogP contribution in [0.1, 0.15) is 31.5 Å². The molecule has 0 aliphatic carbocycles. The first kappa shape index (κ1) is 9.13. The molecule has 1 rings (SSSR count). The van der Waals surface area contributed by atoms with Crippen LogP contribution in [0.15, 0.2) is 18.3 Å². The van der Waals surface area contributed by atoms with Crippen molar-refractivity contribution in [1.82, 2.24) is 4.98 Å². The van der Waals surface area contributed by atoms with Gasteiger partial charge in [0.2, 0.25) is 0 Å². The molecular formula is C9H13FN2. The fraction of sp³-hybridized carbons (Fsp3) is 0.444. The second-order valence-electron chi connectivity index (χ2n) is 2.80. The van der Waals surface area contributed by atoms with E-state index in [-0.39, 0.29) is 11.9 Å². The quantitative estimate of drug-likeness (QED) is 0.749. The molecule has 3 heteroatoms. The Morgan fingerprint density at radius 1 is 1.58 bits per heavy atom. The highest BCUT2D eigenvalue weighted by Gasteiger charge is 2.05. The summed E-state index contributed by atoms with van der Waals surface area (Å²) in [5.41, 5.74) is 6.53. The Labute approximate surface area is 71.6 Å². The van der Waals surface area contributed by atoms with Gasteiger partial charge >= 0.3 is 0 Å². The van der Waals surface area contributed by atoms with Gasteiger partial charge in [0, 0.05) is 6.04 Å². The van der Waals surface area contributed by atoms with Gasteiger partial charge in [-0.05, 0) is 18.6 Å². The van der Waals surface area contributed by atoms with Gasteiger partial charge in [0.25, 0.3) is 0 Å². The molecule has 0 radical (unpaired) electrons. The zero-order valence-corrected chi connectivity index (χ0v) is 7.13. The van der Waals surface area contributed by atoms with Gasteiger partial charge in [-0.3, -0.25) is 4.98 Å². The topological polar surface area (TPSA) is 38.9 Å². The lowest BCUT2D eigenvalue weighted by Gasteiger charge is -2.08. The van der Waals surface area contributed by atoms with Crippen molar-refractivity contribution in [3.63, 3.8) is 0 Å². The van der Waals surface area contributed by atoms with E-state index in [1.807, 2.05) is 0 Å². The van der Waals surface area contributed by atoms with Crippen molar-refractivity contribution in [2.75, 3.05) is 0 Å². The van der Waals surface area contributed by atoms with Crippen molar-refractivity contribution in [2.24, 2.45) is 5.73 Å². The van der Waals surface area contributed by atoms with E-state index < -0.39 is 0 Å². The number of halogens is 1. The summed E-state index contributed by atoms with van der Waals surface area (Å²) >= 11 is 0. The number of nitrogens with zero attached hydrogens (tertiary/aromatic N) is 1. The molecule has 0 amide bonds. The lowest BCUT2D eigenvalue weighted by Crippen LogP contribution is -2.11. The first-order chi connectivity index (χ1) is 5.74. The summed E-state index contributed by atoms with van der Waals surface area (Å²) in [6.07, 6.45) is 3.10. The number of rotatable bonds is 3. The average molecular weight is 168 g/mol. The molecule has 0 spiro atoms. The van der Waals surface area contributed by atoms with Crippen molar-refractivity contribution < 1.29 is 4.39 Å². The van der Waals surface area contributed by atoms with E-state index in [9.17, 15) is 4.39 Å². The summed E-state index contributed by atoms with van der Waals surface area (Å²) in [6, 6.07) is 2.96. The highest BCUT2D eigenvalue weighted by atomic mass is 19.1. The van der Waals surface area contributed by atoms with Gasteiger partial charge in [-0.25, -0.2) is 4.39 Å². The maximum Gasteiger partial charge on any atom is 0.141 e. The molecule has 0 saturated carbocycles. The molecule has 0 fully saturated rings. The van der Waals surface area contributed by atoms with Crippen LogP contribution >= 0.6 is 0 Å². The minimum absolute atomic E-state index is 0.0596. The highest BCUT2D eigenvalue weighted by molar-refractivity contribution is 5.08. The molecule has 1 aromatic heterocycles. The summed E-state index contributed by atoms with van der Waals surface area (Å²) in [7, 11) is 0. The van der Waals surface area contributed by atoms with Gasteiger partial charge in [0.1, 0.15) is 5.82 Å². The summed E-state index contributed by atoms with van der Waals surface area (Å²) in [5, 5.41) is 0. The van der Waals surface area contributed by atoms with Gasteiger partial charge in [-0.2, -0.15) is 0 Å². The number of hydrogen-bond acceptors (Lipinski definition) is 2. The molecule has 0 aromatic carbocycles. The third-order valence-electron chi connectivity index (χ3n) is 1.73. The van der Waals surface area contributed by atoms with Gasteiger partial charge in [0.15, 0.2) is 0 Å². The standard InChI is InChI=1S/C9H13FN2/c1-2-3-8(11)9-5-4-7(10)6-12-9/h4-6,8H,2-3,11H2,1H3. The van der Waals surface area contributed by atoms with E-state index in [0.29, 0.717) is 0 Å². The summed E-state index contributed by atoms with van der Waals surface area (Å²) < 4.78 is 12.4. The summed E-state index contributed by atoms with van der Waals surface area (Å²) in [4.78, 5) is 3.90. The fourth-order valence-corrected chi connectivity index (χ4v) is 1.07. The number of pyridine rings is 1. The van der Waals surface area contributed by atoms with Crippen LogP contribution in [0.3, 0.4) is 0 Å². The Bertz CT molecular complexity index is 233. The second-order valence-corrected chi connectivity index (χ2v) is 2.80. The Morgan fingerprint density at radius 2 is 2.33 bits per heavy atom. The Balaban J connectivity index is 2.68. The van der Waals surface area contributed by atoms with E-state index in [0.717, 1.165) is 18.5 Å². The van der Waals surface area contributed by atoms with E-state index in [1.54, 1.807) is 6.07 Å². The molecular weight excluding hydrogens is 155 g/mol. The number of hydrogen-bond donors (Lipinski definition) is 1. The van der Waals surface area contributed by atoms with Crippen molar-refractivity contribution in [3.8, 4) is 0 Å². The molecule has 2 N–H and O–H groups in total. The van der Waals surface area contributed by atoms with Crippen LogP contribution in [0.25, 0.3) is 0 Å². The molecule has 1 heterocycles. The minimum Gasteiger partial charge on any atom is -0.323 e. The van der Waals surface area contributed by atoms with Gasteiger partial charge < -0.3 is 5.73 Å². The molecule has 0 aliphatic heterocycles. The predicted molar refractivity (Wildman–Crippen MR) is 46.0 cm³/mol. The smallest absolute Gasteiger partial charge is 0.141 e. The number of nitrogens with two attached hydrogens (primary N) is 1. The Morgan fingerprint density at radius 3 is 2.83 bits per heavy atom. The molecule has 66 valence electrons. The maximum atomic E-state index is 12.4. The molecule has 12 heavy (non-hydrogen) atoms. The van der Waals surface area contributed by atoms with Gasteiger partial charge in [-0.15, -0.1) is 0 Å². The lowest BCUT2D eigenvalue weighted by atomic mass is 10.1. The van der Waals surface area contributed by atoms with Crippen LogP contribution in [0.4, 0.5) is 4.39 Å². The van der Waals surface area contributed by atoms with E-state index in [4.69, 9.17) is 5.73 Å². The van der Waals surface area contributed by atoms with Crippen LogP contribution in [-0.4, -0.2) is 4.98 Å². The fourth-order valence-electron chi connectivity index (χ4n) is 1.07. The third kappa shape index (κ3) is 2.27. The second kappa shape index (κ2) is 4.16. The molecule has 1 aromatic rings. The lowest BCUT2D eigenvalue weighted by molar-refractivity contribution is 0.597. The zero-order chi connectivity index (χ0) is 8.97. The van der Waals surface area contributed by atoms with Crippen LogP contribution in [0.2, 0.25) is 0 Å². The predicted octanol–water partition coefficient (Wildman–Crippen LogP) is 2.02. The molecule has 1 unspecified atom stereocenters. The SMILES string of the molecule is CCCC(N)c1ccc(F)cn1. The molecule has 0 bridgehead atoms. The largest absolute Gasteiger partial charge is 0.323 e. The van der Waals surface area contributed by atoms with Crippen LogP contribution in [-0.2, 0) is 0 Å². The monoisotopic (exact) mass is 168 g/mol. The average Bonchev–Trinajstić information content (AvgIpc) is 2.06. The first-order valence-electron chi connectivity index (χ1n) is 4.11. The third-order valence-corrected chi connectivity index (χ3v) is 1.73. The van der Waals surface area contributed by atoms with E-state index >= 15 is 0 Å². The normalized spacial score (nSPS) is 12.9. The molecule has 1 atom stereocenters. The Hall–Kier alpha value is -0.960. The van der Waals surface area contributed by atoms with Crippen LogP contribution < -0.4 is 5.73 Å². The summed E-state index contributed by atoms with van der Waals surface area (Å²) in [5.74, 6) is -0.317. The summed E-state index contributed by atoms with van der Waals surface area (Å²) in [6.45, 7) is 2.06. The minimum atomic E-state index is -0.317. The molecule has 0 saturated heterocycles. The number of aromatic nitrogens is 1. The van der Waals surface area contributed by atoms with Crippen molar-refractivity contribution in [3.05, 3.63) is 29.8 Å². The van der Waals surface area contributed by atoms with Crippen molar-refractivity contribution in [2.45, 2.75) is 25.8 Å². The zero-order valence-electron chi connectivity index (χ0n) is 7.13. The van der Waals surface area contributed by atoms with Crippen molar-refractivity contribution in [1.29, 1.82) is 0 Å². The van der Waals surface area contributed by atoms with Crippen molar-refractivity contribution >= 4 is 0 Å². The first-order valence-corrected chi connectivity index (χ1v) is 4.11. The maximum absolute atomic E-state index is 12.4. The van der Waals surface area contributed by atoms with Gasteiger partial charge in [-0.1, -0.05) is 13.3 Å². The van der Waals surface area contributed by atoms with E-state index in [2.05, 4.69) is 11.9 Å². The van der Waals surface area contributed by atoms with Crippen LogP contribution in [0, 0.1) is 5.82 Å². The molecule has 2 nitrogen and oxygen atoms in total. The van der Waals surface area contributed by atoms with Gasteiger partial charge in [0.05, 0.1) is 11.9 Å². The highest BCUT2D eigenvalue weighted by Crippen LogP contribution is 2.12.